The molecule has 26 heavy (non-hydrogen) atoms. The molecule has 3 aromatic rings. The summed E-state index contributed by atoms with van der Waals surface area (Å²) in [4.78, 5) is 25.1. The van der Waals surface area contributed by atoms with Crippen LogP contribution < -0.4 is 5.56 Å². The number of hydrogen-bond acceptors (Lipinski definition) is 5. The van der Waals surface area contributed by atoms with Crippen LogP contribution in [0.4, 0.5) is 0 Å². The van der Waals surface area contributed by atoms with Gasteiger partial charge in [0.2, 0.25) is 0 Å². The number of aliphatic hydroxyl groups is 1. The first-order valence-electron chi connectivity index (χ1n) is 8.09. The van der Waals surface area contributed by atoms with Crippen LogP contribution in [0, 0.1) is 0 Å². The Hall–Kier alpha value is -2.70. The van der Waals surface area contributed by atoms with E-state index in [4.69, 9.17) is 21.4 Å². The number of benzene rings is 2. The van der Waals surface area contributed by atoms with Gasteiger partial charge in [0, 0.05) is 16.0 Å². The SMILES string of the molecule is C[C@@H](OC(=O)c1nn(CCO)c(=O)c2ccccc12)c1ccccc1Cl. The average Bonchev–Trinajstić information content (AvgIpc) is 2.64. The number of ether oxygens (including phenoxy) is 1. The molecule has 7 heteroatoms. The van der Waals surface area contributed by atoms with Crippen LogP contribution in [0.1, 0.15) is 29.1 Å². The highest BCUT2D eigenvalue weighted by molar-refractivity contribution is 6.31. The maximum atomic E-state index is 12.7. The van der Waals surface area contributed by atoms with Crippen molar-refractivity contribution in [3.63, 3.8) is 0 Å². The molecule has 0 bridgehead atoms. The van der Waals surface area contributed by atoms with Crippen molar-refractivity contribution in [1.29, 1.82) is 0 Å². The second-order valence-corrected chi connectivity index (χ2v) is 6.12. The lowest BCUT2D eigenvalue weighted by atomic mass is 10.1. The third-order valence-corrected chi connectivity index (χ3v) is 4.34. The van der Waals surface area contributed by atoms with Gasteiger partial charge in [0.15, 0.2) is 5.69 Å². The van der Waals surface area contributed by atoms with E-state index < -0.39 is 12.1 Å². The third kappa shape index (κ3) is 3.47. The molecule has 1 atom stereocenters. The first-order chi connectivity index (χ1) is 12.5. The van der Waals surface area contributed by atoms with Gasteiger partial charge >= 0.3 is 5.97 Å². The second-order valence-electron chi connectivity index (χ2n) is 5.72. The van der Waals surface area contributed by atoms with Crippen molar-refractivity contribution in [3.8, 4) is 0 Å². The van der Waals surface area contributed by atoms with Crippen LogP contribution in [-0.4, -0.2) is 27.5 Å². The van der Waals surface area contributed by atoms with Gasteiger partial charge in [0.05, 0.1) is 18.5 Å². The number of nitrogens with zero attached hydrogens (tertiary/aromatic N) is 2. The molecule has 3 rings (SSSR count). The Balaban J connectivity index is 2.01. The summed E-state index contributed by atoms with van der Waals surface area (Å²) in [5, 5.41) is 14.5. The quantitative estimate of drug-likeness (QED) is 0.696. The van der Waals surface area contributed by atoms with E-state index in [1.165, 1.54) is 0 Å². The van der Waals surface area contributed by atoms with E-state index in [9.17, 15) is 9.59 Å². The molecule has 0 amide bonds. The highest BCUT2D eigenvalue weighted by atomic mass is 35.5. The zero-order chi connectivity index (χ0) is 18.7. The van der Waals surface area contributed by atoms with Gasteiger partial charge in [-0.05, 0) is 19.1 Å². The lowest BCUT2D eigenvalue weighted by Gasteiger charge is -2.16. The van der Waals surface area contributed by atoms with Gasteiger partial charge in [-0.1, -0.05) is 48.0 Å². The van der Waals surface area contributed by atoms with Gasteiger partial charge in [-0.3, -0.25) is 4.79 Å². The summed E-state index contributed by atoms with van der Waals surface area (Å²) in [7, 11) is 0. The maximum Gasteiger partial charge on any atom is 0.360 e. The van der Waals surface area contributed by atoms with E-state index >= 15 is 0 Å². The number of aliphatic hydroxyl groups excluding tert-OH is 1. The standard InChI is InChI=1S/C19H17ClN2O4/c1-12(13-6-4-5-9-16(13)20)26-19(25)17-14-7-2-3-8-15(14)18(24)22(21-17)10-11-23/h2-9,12,23H,10-11H2,1H3/t12-/m1/s1. The van der Waals surface area contributed by atoms with E-state index in [-0.39, 0.29) is 24.4 Å². The minimum absolute atomic E-state index is 0.00991. The Kier molecular flexibility index (Phi) is 5.35. The van der Waals surface area contributed by atoms with Crippen LogP contribution in [0.25, 0.3) is 10.8 Å². The molecule has 0 fully saturated rings. The molecule has 6 nitrogen and oxygen atoms in total. The Labute approximate surface area is 154 Å². The average molecular weight is 373 g/mol. The molecule has 1 N–H and O–H groups in total. The summed E-state index contributed by atoms with van der Waals surface area (Å²) in [6, 6.07) is 13.8. The van der Waals surface area contributed by atoms with Crippen LogP contribution in [0.15, 0.2) is 53.3 Å². The summed E-state index contributed by atoms with van der Waals surface area (Å²) < 4.78 is 6.59. The van der Waals surface area contributed by atoms with Gasteiger partial charge in [-0.2, -0.15) is 5.10 Å². The van der Waals surface area contributed by atoms with Crippen LogP contribution in [0.2, 0.25) is 5.02 Å². The van der Waals surface area contributed by atoms with Gasteiger partial charge < -0.3 is 9.84 Å². The number of carbonyl (C=O) groups excluding carboxylic acids is 1. The lowest BCUT2D eigenvalue weighted by molar-refractivity contribution is 0.0330. The third-order valence-electron chi connectivity index (χ3n) is 4.00. The van der Waals surface area contributed by atoms with Gasteiger partial charge in [0.25, 0.3) is 5.56 Å². The van der Waals surface area contributed by atoms with E-state index in [1.54, 1.807) is 55.5 Å². The van der Waals surface area contributed by atoms with E-state index in [2.05, 4.69) is 5.10 Å². The molecule has 0 aliphatic heterocycles. The van der Waals surface area contributed by atoms with E-state index in [0.29, 0.717) is 21.4 Å². The maximum absolute atomic E-state index is 12.7. The number of hydrogen-bond donors (Lipinski definition) is 1. The zero-order valence-corrected chi connectivity index (χ0v) is 14.8. The fourth-order valence-electron chi connectivity index (χ4n) is 2.72. The number of carbonyl (C=O) groups is 1. The Morgan fingerprint density at radius 3 is 2.54 bits per heavy atom. The first-order valence-corrected chi connectivity index (χ1v) is 8.47. The molecule has 0 aliphatic carbocycles. The number of fused-ring (bicyclic) bond motifs is 1. The van der Waals surface area contributed by atoms with Crippen molar-refractivity contribution in [2.45, 2.75) is 19.6 Å². The minimum atomic E-state index is -0.666. The number of halogens is 1. The molecule has 1 aromatic heterocycles. The summed E-state index contributed by atoms with van der Waals surface area (Å²) in [6.45, 7) is 1.44. The number of rotatable bonds is 5. The largest absolute Gasteiger partial charge is 0.453 e. The predicted octanol–water partition coefficient (Wildman–Crippen LogP) is 2.96. The normalized spacial score (nSPS) is 12.1. The second kappa shape index (κ2) is 7.68. The van der Waals surface area contributed by atoms with E-state index in [0.717, 1.165) is 4.68 Å². The molecule has 0 spiro atoms. The van der Waals surface area contributed by atoms with Crippen molar-refractivity contribution in [2.75, 3.05) is 6.61 Å². The molecular formula is C19H17ClN2O4. The summed E-state index contributed by atoms with van der Waals surface area (Å²) in [6.07, 6.45) is -0.588. The van der Waals surface area contributed by atoms with Gasteiger partial charge in [-0.15, -0.1) is 0 Å². The first kappa shape index (κ1) is 18.1. The topological polar surface area (TPSA) is 81.4 Å². The molecule has 0 saturated heterocycles. The molecule has 2 aromatic carbocycles. The van der Waals surface area contributed by atoms with Crippen molar-refractivity contribution >= 4 is 28.3 Å². The summed E-state index contributed by atoms with van der Waals surface area (Å²) in [5.74, 6) is -0.666. The molecule has 134 valence electrons. The summed E-state index contributed by atoms with van der Waals surface area (Å²) >= 11 is 6.15. The lowest BCUT2D eigenvalue weighted by Crippen LogP contribution is -2.28. The molecule has 0 saturated carbocycles. The van der Waals surface area contributed by atoms with Crippen molar-refractivity contribution in [1.82, 2.24) is 9.78 Å². The number of aromatic nitrogens is 2. The zero-order valence-electron chi connectivity index (χ0n) is 14.1. The molecule has 0 unspecified atom stereocenters. The minimum Gasteiger partial charge on any atom is -0.453 e. The highest BCUT2D eigenvalue weighted by Gasteiger charge is 2.21. The molecule has 0 radical (unpaired) electrons. The molecule has 1 heterocycles. The van der Waals surface area contributed by atoms with Crippen LogP contribution >= 0.6 is 11.6 Å². The fourth-order valence-corrected chi connectivity index (χ4v) is 3.01. The van der Waals surface area contributed by atoms with Crippen LogP contribution in [0.3, 0.4) is 0 Å². The van der Waals surface area contributed by atoms with Crippen molar-refractivity contribution in [3.05, 3.63) is 75.2 Å². The monoisotopic (exact) mass is 372 g/mol. The van der Waals surface area contributed by atoms with Crippen LogP contribution in [0.5, 0.6) is 0 Å². The smallest absolute Gasteiger partial charge is 0.360 e. The Bertz CT molecular complexity index is 1020. The Morgan fingerprint density at radius 2 is 1.85 bits per heavy atom. The Morgan fingerprint density at radius 1 is 1.19 bits per heavy atom. The molecule has 0 aliphatic rings. The van der Waals surface area contributed by atoms with E-state index in [1.807, 2.05) is 0 Å². The fraction of sp³-hybridized carbons (Fsp3) is 0.211. The highest BCUT2D eigenvalue weighted by Crippen LogP contribution is 2.26. The van der Waals surface area contributed by atoms with Crippen molar-refractivity contribution in [2.24, 2.45) is 0 Å². The van der Waals surface area contributed by atoms with Gasteiger partial charge in [0.1, 0.15) is 6.10 Å². The summed E-state index contributed by atoms with van der Waals surface area (Å²) in [5.41, 5.74) is 0.327. The van der Waals surface area contributed by atoms with Crippen molar-refractivity contribution < 1.29 is 14.6 Å². The van der Waals surface area contributed by atoms with Gasteiger partial charge in [-0.25, -0.2) is 9.48 Å². The number of esters is 1. The van der Waals surface area contributed by atoms with Crippen LogP contribution in [-0.2, 0) is 11.3 Å². The molecular weight excluding hydrogens is 356 g/mol. The predicted molar refractivity (Wildman–Crippen MR) is 98.4 cm³/mol.